The predicted octanol–water partition coefficient (Wildman–Crippen LogP) is 2.29. The number of nitrogens with zero attached hydrogens (tertiary/aromatic N) is 2. The monoisotopic (exact) mass is 194 g/mol. The molecule has 2 heterocycles. The highest BCUT2D eigenvalue weighted by Gasteiger charge is 1.99. The van der Waals surface area contributed by atoms with Gasteiger partial charge in [0.1, 0.15) is 5.15 Å². The van der Waals surface area contributed by atoms with Crippen LogP contribution in [0.2, 0.25) is 5.15 Å². The molecule has 0 saturated carbocycles. The van der Waals surface area contributed by atoms with Gasteiger partial charge in [0.05, 0.1) is 18.1 Å². The number of methoxy groups -OCH3 is 1. The first kappa shape index (κ1) is 8.26. The average molecular weight is 195 g/mol. The van der Waals surface area contributed by atoms with E-state index in [1.165, 1.54) is 0 Å². The number of halogens is 1. The number of pyridine rings is 2. The third-order valence-electron chi connectivity index (χ3n) is 1.69. The Morgan fingerprint density at radius 2 is 1.77 bits per heavy atom. The molecular formula is C9H7ClN2O. The standard InChI is InChI=1S/C9H7ClN2O/c1-13-9-5-3-6-7(12-9)2-4-8(10)11-6/h2-5H,1H3. The van der Waals surface area contributed by atoms with E-state index in [1.807, 2.05) is 12.1 Å². The Morgan fingerprint density at radius 1 is 1.08 bits per heavy atom. The van der Waals surface area contributed by atoms with E-state index in [-0.39, 0.29) is 0 Å². The van der Waals surface area contributed by atoms with Crippen LogP contribution < -0.4 is 4.74 Å². The van der Waals surface area contributed by atoms with Gasteiger partial charge in [-0.1, -0.05) is 11.6 Å². The molecule has 0 aliphatic heterocycles. The molecule has 0 aliphatic carbocycles. The Bertz CT molecular complexity index is 445. The summed E-state index contributed by atoms with van der Waals surface area (Å²) in [7, 11) is 1.58. The molecule has 0 amide bonds. The molecule has 0 N–H and O–H groups in total. The first-order chi connectivity index (χ1) is 6.29. The maximum atomic E-state index is 5.72. The molecule has 0 bridgehead atoms. The second-order valence-electron chi connectivity index (χ2n) is 2.53. The second-order valence-corrected chi connectivity index (χ2v) is 2.91. The lowest BCUT2D eigenvalue weighted by Crippen LogP contribution is -1.88. The Hall–Kier alpha value is -1.35. The number of aromatic nitrogens is 2. The number of hydrogen-bond acceptors (Lipinski definition) is 3. The van der Waals surface area contributed by atoms with Gasteiger partial charge < -0.3 is 4.74 Å². The zero-order valence-corrected chi connectivity index (χ0v) is 7.75. The van der Waals surface area contributed by atoms with E-state index in [9.17, 15) is 0 Å². The first-order valence-electron chi connectivity index (χ1n) is 3.77. The van der Waals surface area contributed by atoms with Gasteiger partial charge in [-0.3, -0.25) is 0 Å². The number of rotatable bonds is 1. The number of fused-ring (bicyclic) bond motifs is 1. The molecule has 3 nitrogen and oxygen atoms in total. The van der Waals surface area contributed by atoms with E-state index >= 15 is 0 Å². The van der Waals surface area contributed by atoms with Gasteiger partial charge >= 0.3 is 0 Å². The van der Waals surface area contributed by atoms with Crippen LogP contribution in [0, 0.1) is 0 Å². The Kier molecular flexibility index (Phi) is 2.02. The minimum absolute atomic E-state index is 0.472. The molecule has 4 heteroatoms. The van der Waals surface area contributed by atoms with Gasteiger partial charge in [0, 0.05) is 6.07 Å². The van der Waals surface area contributed by atoms with Gasteiger partial charge in [0.25, 0.3) is 0 Å². The summed E-state index contributed by atoms with van der Waals surface area (Å²) in [6.07, 6.45) is 0. The van der Waals surface area contributed by atoms with E-state index in [4.69, 9.17) is 16.3 Å². The molecule has 0 unspecified atom stereocenters. The van der Waals surface area contributed by atoms with Crippen LogP contribution in [0.3, 0.4) is 0 Å². The van der Waals surface area contributed by atoms with Crippen molar-refractivity contribution >= 4 is 22.6 Å². The molecule has 2 aromatic heterocycles. The predicted molar refractivity (Wildman–Crippen MR) is 51.1 cm³/mol. The molecule has 66 valence electrons. The third-order valence-corrected chi connectivity index (χ3v) is 1.90. The van der Waals surface area contributed by atoms with E-state index in [2.05, 4.69) is 9.97 Å². The molecule has 0 fully saturated rings. The summed E-state index contributed by atoms with van der Waals surface area (Å²) < 4.78 is 4.98. The van der Waals surface area contributed by atoms with Gasteiger partial charge in [-0.05, 0) is 18.2 Å². The Labute approximate surface area is 80.3 Å². The van der Waals surface area contributed by atoms with Crippen LogP contribution in [0.4, 0.5) is 0 Å². The second kappa shape index (κ2) is 3.18. The smallest absolute Gasteiger partial charge is 0.213 e. The summed E-state index contributed by atoms with van der Waals surface area (Å²) in [6, 6.07) is 7.10. The Balaban J connectivity index is 2.66. The number of ether oxygens (including phenoxy) is 1. The highest BCUT2D eigenvalue weighted by atomic mass is 35.5. The van der Waals surface area contributed by atoms with Crippen LogP contribution >= 0.6 is 11.6 Å². The molecule has 0 saturated heterocycles. The molecule has 13 heavy (non-hydrogen) atoms. The van der Waals surface area contributed by atoms with Gasteiger partial charge in [0.2, 0.25) is 5.88 Å². The van der Waals surface area contributed by atoms with Gasteiger partial charge in [-0.2, -0.15) is 0 Å². The molecule has 0 aliphatic rings. The average Bonchev–Trinajstić information content (AvgIpc) is 2.17. The van der Waals surface area contributed by atoms with Crippen LogP contribution in [0.5, 0.6) is 5.88 Å². The summed E-state index contributed by atoms with van der Waals surface area (Å²) >= 11 is 5.72. The lowest BCUT2D eigenvalue weighted by Gasteiger charge is -2.00. The summed E-state index contributed by atoms with van der Waals surface area (Å²) in [5.74, 6) is 0.580. The van der Waals surface area contributed by atoms with Crippen LogP contribution in [0.15, 0.2) is 24.3 Å². The van der Waals surface area contributed by atoms with Crippen molar-refractivity contribution in [1.82, 2.24) is 9.97 Å². The van der Waals surface area contributed by atoms with Crippen molar-refractivity contribution in [2.24, 2.45) is 0 Å². The highest BCUT2D eigenvalue weighted by Crippen LogP contribution is 2.16. The molecule has 0 spiro atoms. The third kappa shape index (κ3) is 1.55. The quantitative estimate of drug-likeness (QED) is 0.654. The zero-order chi connectivity index (χ0) is 9.26. The summed E-state index contributed by atoms with van der Waals surface area (Å²) in [6.45, 7) is 0. The van der Waals surface area contributed by atoms with Crippen molar-refractivity contribution in [3.05, 3.63) is 29.4 Å². The van der Waals surface area contributed by atoms with Gasteiger partial charge in [-0.25, -0.2) is 9.97 Å². The van der Waals surface area contributed by atoms with E-state index in [1.54, 1.807) is 19.2 Å². The van der Waals surface area contributed by atoms with Crippen LogP contribution in [-0.4, -0.2) is 17.1 Å². The van der Waals surface area contributed by atoms with Crippen molar-refractivity contribution in [2.45, 2.75) is 0 Å². The van der Waals surface area contributed by atoms with E-state index < -0.39 is 0 Å². The van der Waals surface area contributed by atoms with Crippen LogP contribution in [0.1, 0.15) is 0 Å². The summed E-state index contributed by atoms with van der Waals surface area (Å²) in [5.41, 5.74) is 1.55. The molecule has 2 rings (SSSR count). The Morgan fingerprint density at radius 3 is 2.54 bits per heavy atom. The molecule has 0 aromatic carbocycles. The normalized spacial score (nSPS) is 10.3. The molecule has 0 atom stereocenters. The fourth-order valence-electron chi connectivity index (χ4n) is 1.08. The topological polar surface area (TPSA) is 35.0 Å². The maximum Gasteiger partial charge on any atom is 0.213 e. The van der Waals surface area contributed by atoms with E-state index in [0.29, 0.717) is 11.0 Å². The van der Waals surface area contributed by atoms with Gasteiger partial charge in [-0.15, -0.1) is 0 Å². The lowest BCUT2D eigenvalue weighted by molar-refractivity contribution is 0.399. The molecule has 2 aromatic rings. The van der Waals surface area contributed by atoms with Crippen LogP contribution in [-0.2, 0) is 0 Å². The zero-order valence-electron chi connectivity index (χ0n) is 6.99. The highest BCUT2D eigenvalue weighted by molar-refractivity contribution is 6.29. The maximum absolute atomic E-state index is 5.72. The fourth-order valence-corrected chi connectivity index (χ4v) is 1.23. The summed E-state index contributed by atoms with van der Waals surface area (Å²) in [5, 5.41) is 0.472. The van der Waals surface area contributed by atoms with Crippen molar-refractivity contribution < 1.29 is 4.74 Å². The molecule has 0 radical (unpaired) electrons. The minimum atomic E-state index is 0.472. The van der Waals surface area contributed by atoms with Crippen molar-refractivity contribution in [1.29, 1.82) is 0 Å². The SMILES string of the molecule is COc1ccc2nc(Cl)ccc2n1. The van der Waals surface area contributed by atoms with E-state index in [0.717, 1.165) is 11.0 Å². The first-order valence-corrected chi connectivity index (χ1v) is 4.15. The van der Waals surface area contributed by atoms with Crippen LogP contribution in [0.25, 0.3) is 11.0 Å². The van der Waals surface area contributed by atoms with Crippen molar-refractivity contribution in [3.63, 3.8) is 0 Å². The largest absolute Gasteiger partial charge is 0.481 e. The molecular weight excluding hydrogens is 188 g/mol. The minimum Gasteiger partial charge on any atom is -0.481 e. The van der Waals surface area contributed by atoms with Crippen molar-refractivity contribution in [2.75, 3.05) is 7.11 Å². The summed E-state index contributed by atoms with van der Waals surface area (Å²) in [4.78, 5) is 8.29. The van der Waals surface area contributed by atoms with Gasteiger partial charge in [0.15, 0.2) is 0 Å². The van der Waals surface area contributed by atoms with Crippen molar-refractivity contribution in [3.8, 4) is 5.88 Å². The number of hydrogen-bond donors (Lipinski definition) is 0. The lowest BCUT2D eigenvalue weighted by atomic mass is 10.3. The fraction of sp³-hybridized carbons (Fsp3) is 0.111.